The van der Waals surface area contributed by atoms with E-state index in [1.807, 2.05) is 6.92 Å². The zero-order valence-corrected chi connectivity index (χ0v) is 9.50. The van der Waals surface area contributed by atoms with E-state index in [4.69, 9.17) is 0 Å². The van der Waals surface area contributed by atoms with Crippen LogP contribution in [0.2, 0.25) is 0 Å². The van der Waals surface area contributed by atoms with Crippen LogP contribution in [-0.4, -0.2) is 49.3 Å². The van der Waals surface area contributed by atoms with Crippen molar-refractivity contribution in [3.63, 3.8) is 0 Å². The summed E-state index contributed by atoms with van der Waals surface area (Å²) in [6.07, 6.45) is 3.33. The first kappa shape index (κ1) is 12.0. The number of aliphatic hydroxyl groups excluding tert-OH is 1. The summed E-state index contributed by atoms with van der Waals surface area (Å²) in [5, 5.41) is 12.7. The van der Waals surface area contributed by atoms with Crippen LogP contribution in [-0.2, 0) is 0 Å². The molecule has 0 radical (unpaired) electrons. The number of nitrogens with zero attached hydrogens (tertiary/aromatic N) is 1. The topological polar surface area (TPSA) is 35.5 Å². The summed E-state index contributed by atoms with van der Waals surface area (Å²) < 4.78 is 0. The van der Waals surface area contributed by atoms with Gasteiger partial charge in [0.1, 0.15) is 0 Å². The Morgan fingerprint density at radius 2 is 2.36 bits per heavy atom. The predicted octanol–water partition coefficient (Wildman–Crippen LogP) is 0.689. The fraction of sp³-hybridized carbons (Fsp3) is 1.00. The molecule has 1 aliphatic heterocycles. The minimum Gasteiger partial charge on any atom is -0.392 e. The van der Waals surface area contributed by atoms with Gasteiger partial charge in [-0.3, -0.25) is 0 Å². The summed E-state index contributed by atoms with van der Waals surface area (Å²) in [7, 11) is 2.19. The van der Waals surface area contributed by atoms with Gasteiger partial charge in [-0.15, -0.1) is 0 Å². The van der Waals surface area contributed by atoms with E-state index in [-0.39, 0.29) is 6.10 Å². The van der Waals surface area contributed by atoms with Crippen LogP contribution in [0.1, 0.15) is 26.2 Å². The third kappa shape index (κ3) is 4.40. The second-order valence-corrected chi connectivity index (χ2v) is 4.49. The van der Waals surface area contributed by atoms with Gasteiger partial charge in [-0.1, -0.05) is 6.92 Å². The number of likely N-dealkylation sites (tertiary alicyclic amines) is 1. The monoisotopic (exact) mass is 200 g/mol. The lowest BCUT2D eigenvalue weighted by atomic mass is 9.98. The quantitative estimate of drug-likeness (QED) is 0.685. The van der Waals surface area contributed by atoms with Gasteiger partial charge >= 0.3 is 0 Å². The molecule has 1 rings (SSSR count). The number of aliphatic hydroxyl groups is 1. The van der Waals surface area contributed by atoms with Crippen molar-refractivity contribution >= 4 is 0 Å². The molecule has 0 saturated carbocycles. The Morgan fingerprint density at radius 1 is 1.57 bits per heavy atom. The van der Waals surface area contributed by atoms with E-state index in [0.29, 0.717) is 0 Å². The lowest BCUT2D eigenvalue weighted by molar-refractivity contribution is 0.158. The van der Waals surface area contributed by atoms with Crippen LogP contribution in [0.4, 0.5) is 0 Å². The fourth-order valence-corrected chi connectivity index (χ4v) is 2.04. The van der Waals surface area contributed by atoms with Crippen molar-refractivity contribution in [2.45, 2.75) is 32.3 Å². The molecule has 0 amide bonds. The van der Waals surface area contributed by atoms with Crippen molar-refractivity contribution in [1.29, 1.82) is 0 Å². The molecule has 14 heavy (non-hydrogen) atoms. The van der Waals surface area contributed by atoms with E-state index in [2.05, 4.69) is 17.3 Å². The third-order valence-electron chi connectivity index (χ3n) is 3.01. The molecule has 0 aromatic heterocycles. The molecular weight excluding hydrogens is 176 g/mol. The minimum atomic E-state index is -0.170. The van der Waals surface area contributed by atoms with Crippen LogP contribution in [0.5, 0.6) is 0 Å². The van der Waals surface area contributed by atoms with Gasteiger partial charge in [0.2, 0.25) is 0 Å². The summed E-state index contributed by atoms with van der Waals surface area (Å²) in [5.74, 6) is 0.776. The molecular formula is C11H24N2O. The predicted molar refractivity (Wildman–Crippen MR) is 59.4 cm³/mol. The molecule has 1 fully saturated rings. The summed E-state index contributed by atoms with van der Waals surface area (Å²) in [4.78, 5) is 2.39. The Kier molecular flexibility index (Phi) is 5.45. The molecule has 1 aliphatic rings. The van der Waals surface area contributed by atoms with E-state index in [0.717, 1.165) is 25.4 Å². The van der Waals surface area contributed by atoms with Crippen LogP contribution in [0.3, 0.4) is 0 Å². The average molecular weight is 200 g/mol. The fourth-order valence-electron chi connectivity index (χ4n) is 2.04. The highest BCUT2D eigenvalue weighted by atomic mass is 16.3. The maximum absolute atomic E-state index is 9.37. The Labute approximate surface area is 87.5 Å². The second kappa shape index (κ2) is 6.38. The number of rotatable bonds is 5. The van der Waals surface area contributed by atoms with Gasteiger partial charge in [0.05, 0.1) is 6.10 Å². The molecule has 84 valence electrons. The molecule has 0 bridgehead atoms. The molecule has 0 aromatic carbocycles. The SMILES string of the molecule is CCC(O)CNCC1CCCN(C)C1. The van der Waals surface area contributed by atoms with E-state index >= 15 is 0 Å². The smallest absolute Gasteiger partial charge is 0.0662 e. The van der Waals surface area contributed by atoms with E-state index in [9.17, 15) is 5.11 Å². The lowest BCUT2D eigenvalue weighted by Crippen LogP contribution is -2.39. The zero-order valence-electron chi connectivity index (χ0n) is 9.50. The van der Waals surface area contributed by atoms with Crippen LogP contribution in [0.15, 0.2) is 0 Å². The van der Waals surface area contributed by atoms with Gasteiger partial charge in [0.15, 0.2) is 0 Å². The molecule has 0 spiro atoms. The number of hydrogen-bond donors (Lipinski definition) is 2. The van der Waals surface area contributed by atoms with Gasteiger partial charge < -0.3 is 15.3 Å². The second-order valence-electron chi connectivity index (χ2n) is 4.49. The first-order chi connectivity index (χ1) is 6.72. The molecule has 0 aromatic rings. The van der Waals surface area contributed by atoms with Crippen LogP contribution >= 0.6 is 0 Å². The van der Waals surface area contributed by atoms with Crippen molar-refractivity contribution in [2.75, 3.05) is 33.2 Å². The largest absolute Gasteiger partial charge is 0.392 e. The molecule has 3 nitrogen and oxygen atoms in total. The maximum Gasteiger partial charge on any atom is 0.0662 e. The summed E-state index contributed by atoms with van der Waals surface area (Å²) in [5.41, 5.74) is 0. The van der Waals surface area contributed by atoms with E-state index in [1.54, 1.807) is 0 Å². The molecule has 2 atom stereocenters. The summed E-state index contributed by atoms with van der Waals surface area (Å²) in [6.45, 7) is 6.27. The first-order valence-corrected chi connectivity index (χ1v) is 5.79. The van der Waals surface area contributed by atoms with Crippen LogP contribution in [0.25, 0.3) is 0 Å². The summed E-state index contributed by atoms with van der Waals surface area (Å²) >= 11 is 0. The van der Waals surface area contributed by atoms with Crippen molar-refractivity contribution < 1.29 is 5.11 Å². The Bertz CT molecular complexity index is 152. The number of nitrogens with one attached hydrogen (secondary N) is 1. The van der Waals surface area contributed by atoms with Gasteiger partial charge in [-0.25, -0.2) is 0 Å². The molecule has 0 aliphatic carbocycles. The molecule has 3 heteroatoms. The summed E-state index contributed by atoms with van der Waals surface area (Å²) in [6, 6.07) is 0. The highest BCUT2D eigenvalue weighted by Crippen LogP contribution is 2.13. The van der Waals surface area contributed by atoms with Crippen molar-refractivity contribution in [3.8, 4) is 0 Å². The first-order valence-electron chi connectivity index (χ1n) is 5.79. The van der Waals surface area contributed by atoms with E-state index in [1.165, 1.54) is 25.9 Å². The van der Waals surface area contributed by atoms with Gasteiger partial charge in [0.25, 0.3) is 0 Å². The normalized spacial score (nSPS) is 26.4. The van der Waals surface area contributed by atoms with Gasteiger partial charge in [0, 0.05) is 13.1 Å². The molecule has 1 heterocycles. The lowest BCUT2D eigenvalue weighted by Gasteiger charge is -2.30. The molecule has 2 N–H and O–H groups in total. The Morgan fingerprint density at radius 3 is 3.00 bits per heavy atom. The Hall–Kier alpha value is -0.120. The third-order valence-corrected chi connectivity index (χ3v) is 3.01. The minimum absolute atomic E-state index is 0.170. The molecule has 1 saturated heterocycles. The van der Waals surface area contributed by atoms with Crippen molar-refractivity contribution in [2.24, 2.45) is 5.92 Å². The van der Waals surface area contributed by atoms with Crippen molar-refractivity contribution in [3.05, 3.63) is 0 Å². The average Bonchev–Trinajstić information content (AvgIpc) is 2.17. The maximum atomic E-state index is 9.37. The molecule has 2 unspecified atom stereocenters. The van der Waals surface area contributed by atoms with Crippen molar-refractivity contribution in [1.82, 2.24) is 10.2 Å². The Balaban J connectivity index is 2.05. The number of hydrogen-bond acceptors (Lipinski definition) is 3. The van der Waals surface area contributed by atoms with Crippen LogP contribution < -0.4 is 5.32 Å². The standard InChI is InChI=1S/C11H24N2O/c1-3-11(14)8-12-7-10-5-4-6-13(2)9-10/h10-12,14H,3-9H2,1-2H3. The highest BCUT2D eigenvalue weighted by Gasteiger charge is 2.16. The van der Waals surface area contributed by atoms with Gasteiger partial charge in [-0.05, 0) is 45.3 Å². The van der Waals surface area contributed by atoms with Gasteiger partial charge in [-0.2, -0.15) is 0 Å². The van der Waals surface area contributed by atoms with Crippen LogP contribution in [0, 0.1) is 5.92 Å². The highest BCUT2D eigenvalue weighted by molar-refractivity contribution is 4.72. The zero-order chi connectivity index (χ0) is 10.4. The van der Waals surface area contributed by atoms with E-state index < -0.39 is 0 Å². The number of piperidine rings is 1.